The molecule has 2 unspecified atom stereocenters. The highest BCUT2D eigenvalue weighted by Gasteiger charge is 2.63. The number of aliphatic hydroxyl groups is 1. The number of nitrogens with zero attached hydrogens (tertiary/aromatic N) is 1. The molecule has 1 aromatic carbocycles. The maximum absolute atomic E-state index is 14.1. The Labute approximate surface area is 300 Å². The van der Waals surface area contributed by atoms with Crippen LogP contribution in [0.15, 0.2) is 53.6 Å². The predicted octanol–water partition coefficient (Wildman–Crippen LogP) is 4.64. The number of aliphatic hydroxyl groups excluding tert-OH is 1. The van der Waals surface area contributed by atoms with E-state index in [0.29, 0.717) is 29.6 Å². The molecule has 0 aromatic heterocycles. The number of rotatable bonds is 9. The quantitative estimate of drug-likeness (QED) is 0.216. The van der Waals surface area contributed by atoms with E-state index in [4.69, 9.17) is 23.7 Å². The minimum absolute atomic E-state index is 0.116. The molecule has 2 bridgehead atoms. The van der Waals surface area contributed by atoms with Crippen molar-refractivity contribution in [2.75, 3.05) is 14.1 Å². The molecule has 2 saturated carbocycles. The Kier molecular flexibility index (Phi) is 11.9. The molecule has 0 spiro atoms. The number of fused-ring (bicyclic) bond motifs is 3. The summed E-state index contributed by atoms with van der Waals surface area (Å²) in [7, 11) is 3.53. The molecule has 0 heterocycles. The fourth-order valence-corrected chi connectivity index (χ4v) is 8.78. The summed E-state index contributed by atoms with van der Waals surface area (Å²) < 4.78 is 29.6. The van der Waals surface area contributed by atoms with Crippen LogP contribution in [0.4, 0.5) is 0 Å². The molecule has 3 aliphatic carbocycles. The summed E-state index contributed by atoms with van der Waals surface area (Å²) in [4.78, 5) is 66.0. The Morgan fingerprint density at radius 3 is 1.94 bits per heavy atom. The largest absolute Gasteiger partial charge is 0.458 e. The first-order valence-electron chi connectivity index (χ1n) is 17.4. The normalized spacial score (nSPS) is 31.2. The number of hydrogen-bond donors (Lipinski definition) is 1. The van der Waals surface area contributed by atoms with E-state index in [9.17, 15) is 29.1 Å². The van der Waals surface area contributed by atoms with Crippen LogP contribution in [0.5, 0.6) is 0 Å². The van der Waals surface area contributed by atoms with Crippen molar-refractivity contribution in [3.8, 4) is 0 Å². The average molecular weight is 712 g/mol. The summed E-state index contributed by atoms with van der Waals surface area (Å²) in [6, 6.07) is 8.44. The first-order valence-corrected chi connectivity index (χ1v) is 17.4. The predicted molar refractivity (Wildman–Crippen MR) is 186 cm³/mol. The number of carbonyl (C=O) groups excluding carboxylic acids is 5. The molecular formula is C39H53NO11. The second kappa shape index (κ2) is 15.3. The van der Waals surface area contributed by atoms with Gasteiger partial charge in [0.15, 0.2) is 12.2 Å². The maximum Gasteiger partial charge on any atom is 0.350 e. The van der Waals surface area contributed by atoms with Crippen LogP contribution in [0.2, 0.25) is 0 Å². The van der Waals surface area contributed by atoms with Gasteiger partial charge in [0.2, 0.25) is 6.10 Å². The first kappa shape index (κ1) is 39.8. The van der Waals surface area contributed by atoms with Gasteiger partial charge in [0.1, 0.15) is 12.2 Å². The smallest absolute Gasteiger partial charge is 0.350 e. The third-order valence-corrected chi connectivity index (χ3v) is 11.2. The number of carbonyl (C=O) groups is 5. The summed E-state index contributed by atoms with van der Waals surface area (Å²) in [5.41, 5.74) is 0.612. The summed E-state index contributed by atoms with van der Waals surface area (Å²) in [5, 5.41) is 12.2. The van der Waals surface area contributed by atoms with Gasteiger partial charge in [-0.25, -0.2) is 4.79 Å². The monoisotopic (exact) mass is 711 g/mol. The van der Waals surface area contributed by atoms with Crippen LogP contribution in [0.3, 0.4) is 0 Å². The lowest BCUT2D eigenvalue weighted by Gasteiger charge is -2.59. The highest BCUT2D eigenvalue weighted by Crippen LogP contribution is 2.60. The van der Waals surface area contributed by atoms with Gasteiger partial charge in [-0.05, 0) is 73.4 Å². The molecule has 12 nitrogen and oxygen atoms in total. The van der Waals surface area contributed by atoms with Gasteiger partial charge in [-0.15, -0.1) is 0 Å². The highest BCUT2D eigenvalue weighted by molar-refractivity contribution is 5.80. The number of benzene rings is 1. The van der Waals surface area contributed by atoms with Crippen LogP contribution in [-0.4, -0.2) is 90.6 Å². The number of hydrogen-bond acceptors (Lipinski definition) is 12. The molecule has 3 aliphatic rings. The molecule has 51 heavy (non-hydrogen) atoms. The van der Waals surface area contributed by atoms with E-state index in [1.54, 1.807) is 25.9 Å². The standard InChI is InChI=1S/C39H53NO11/c1-20-28-17-27-18-29(47-22(3)41)21(2)32(38(27,7)8)34(48-23(4)42)36(50-25(6)44)39(28,9)31(45)19-30(20)51-37(46)35(49-24(5)43)33(40(10)11)26-15-13-12-14-16-26/h12-16,27-31,33-36,45H,1,17-19H2,2-11H3/t27?,28-,29+,30+,31+,33?,34-,35-,36+,39+/m1/s1. The van der Waals surface area contributed by atoms with E-state index in [1.165, 1.54) is 27.7 Å². The van der Waals surface area contributed by atoms with Crippen LogP contribution in [-0.2, 0) is 47.7 Å². The van der Waals surface area contributed by atoms with E-state index in [2.05, 4.69) is 6.58 Å². The summed E-state index contributed by atoms with van der Waals surface area (Å²) >= 11 is 0. The lowest BCUT2D eigenvalue weighted by molar-refractivity contribution is -0.207. The SMILES string of the molecule is C=C1[C@@H](OC(=O)[C@H](OC(C)=O)C(c2ccccc2)N(C)C)C[C@H](O)[C@]2(C)[C@@H]1CC1C[C@H](OC(C)=O)C(C)=C([C@@H](OC(C)=O)[C@@H]2OC(C)=O)C1(C)C. The third kappa shape index (κ3) is 7.91. The van der Waals surface area contributed by atoms with Crippen molar-refractivity contribution in [3.63, 3.8) is 0 Å². The first-order chi connectivity index (χ1) is 23.7. The van der Waals surface area contributed by atoms with Crippen molar-refractivity contribution in [3.05, 3.63) is 59.2 Å². The maximum atomic E-state index is 14.1. The zero-order valence-electron chi connectivity index (χ0n) is 31.4. The number of ether oxygens (including phenoxy) is 5. The second-order valence-electron chi connectivity index (χ2n) is 15.2. The van der Waals surface area contributed by atoms with Gasteiger partial charge in [0, 0.05) is 39.5 Å². The van der Waals surface area contributed by atoms with Gasteiger partial charge >= 0.3 is 29.8 Å². The lowest BCUT2D eigenvalue weighted by Crippen LogP contribution is -2.64. The van der Waals surface area contributed by atoms with Gasteiger partial charge in [-0.3, -0.25) is 24.1 Å². The van der Waals surface area contributed by atoms with Crippen molar-refractivity contribution in [1.82, 2.24) is 4.90 Å². The van der Waals surface area contributed by atoms with Crippen molar-refractivity contribution in [1.29, 1.82) is 0 Å². The summed E-state index contributed by atoms with van der Waals surface area (Å²) in [5.74, 6) is -4.08. The van der Waals surface area contributed by atoms with Crippen LogP contribution >= 0.6 is 0 Å². The van der Waals surface area contributed by atoms with Crippen molar-refractivity contribution in [2.24, 2.45) is 22.7 Å². The van der Waals surface area contributed by atoms with Crippen LogP contribution in [0.25, 0.3) is 0 Å². The molecule has 280 valence electrons. The Morgan fingerprint density at radius 1 is 0.824 bits per heavy atom. The van der Waals surface area contributed by atoms with E-state index in [0.717, 1.165) is 5.56 Å². The molecule has 0 saturated heterocycles. The fraction of sp³-hybridized carbons (Fsp3) is 0.615. The zero-order chi connectivity index (χ0) is 38.2. The van der Waals surface area contributed by atoms with Crippen LogP contribution in [0.1, 0.15) is 86.3 Å². The molecule has 12 heteroatoms. The Balaban J connectivity index is 1.83. The van der Waals surface area contributed by atoms with Crippen LogP contribution < -0.4 is 0 Å². The van der Waals surface area contributed by atoms with Gasteiger partial charge in [-0.2, -0.15) is 0 Å². The molecule has 0 amide bonds. The Hall–Kier alpha value is -4.03. The minimum atomic E-state index is -1.35. The fourth-order valence-electron chi connectivity index (χ4n) is 8.78. The summed E-state index contributed by atoms with van der Waals surface area (Å²) in [6.45, 7) is 17.1. The Bertz CT molecular complexity index is 1570. The molecular weight excluding hydrogens is 658 g/mol. The van der Waals surface area contributed by atoms with Gasteiger partial charge in [-0.1, -0.05) is 57.7 Å². The summed E-state index contributed by atoms with van der Waals surface area (Å²) in [6.07, 6.45) is -5.89. The van der Waals surface area contributed by atoms with Gasteiger partial charge in [0.05, 0.1) is 12.1 Å². The average Bonchev–Trinajstić information content (AvgIpc) is 3.01. The molecule has 1 N–H and O–H groups in total. The van der Waals surface area contributed by atoms with Crippen molar-refractivity contribution in [2.45, 2.75) is 117 Å². The Morgan fingerprint density at radius 2 is 1.41 bits per heavy atom. The van der Waals surface area contributed by atoms with Crippen molar-refractivity contribution < 1.29 is 52.8 Å². The third-order valence-electron chi connectivity index (χ3n) is 11.2. The lowest BCUT2D eigenvalue weighted by atomic mass is 9.49. The van der Waals surface area contributed by atoms with Gasteiger partial charge < -0.3 is 28.8 Å². The van der Waals surface area contributed by atoms with E-state index >= 15 is 0 Å². The molecule has 4 rings (SSSR count). The topological polar surface area (TPSA) is 155 Å². The van der Waals surface area contributed by atoms with E-state index in [1.807, 2.05) is 51.1 Å². The zero-order valence-corrected chi connectivity index (χ0v) is 31.4. The van der Waals surface area contributed by atoms with Gasteiger partial charge in [0.25, 0.3) is 0 Å². The van der Waals surface area contributed by atoms with E-state index in [-0.39, 0.29) is 12.3 Å². The van der Waals surface area contributed by atoms with Crippen LogP contribution in [0, 0.1) is 22.7 Å². The van der Waals surface area contributed by atoms with E-state index < -0.39 is 89.3 Å². The molecule has 0 aliphatic heterocycles. The number of likely N-dealkylation sites (N-methyl/N-ethyl adjacent to an activating group) is 1. The molecule has 10 atom stereocenters. The second-order valence-corrected chi connectivity index (χ2v) is 15.2. The molecule has 1 aromatic rings. The minimum Gasteiger partial charge on any atom is -0.458 e. The number of esters is 5. The molecule has 0 radical (unpaired) electrons. The van der Waals surface area contributed by atoms with Crippen molar-refractivity contribution >= 4 is 29.8 Å². The molecule has 2 fully saturated rings. The highest BCUT2D eigenvalue weighted by atomic mass is 16.6.